The molecule has 0 radical (unpaired) electrons. The molecule has 2 aromatic rings. The summed E-state index contributed by atoms with van der Waals surface area (Å²) in [7, 11) is 0. The summed E-state index contributed by atoms with van der Waals surface area (Å²) < 4.78 is 38.6. The minimum absolute atomic E-state index is 0.110. The van der Waals surface area contributed by atoms with E-state index in [-0.39, 0.29) is 24.4 Å². The highest BCUT2D eigenvalue weighted by Crippen LogP contribution is 2.34. The Balaban J connectivity index is 2.74. The number of fused-ring (bicyclic) bond motifs is 1. The third kappa shape index (κ3) is 2.28. The third-order valence-electron chi connectivity index (χ3n) is 2.60. The zero-order valence-corrected chi connectivity index (χ0v) is 9.62. The summed E-state index contributed by atoms with van der Waals surface area (Å²) in [6.07, 6.45) is -4.31. The number of hydrogen-bond donors (Lipinski definition) is 1. The summed E-state index contributed by atoms with van der Waals surface area (Å²) in [6, 6.07) is 3.90. The number of aromatic nitrogens is 2. The SMILES string of the molecule is Cc1nc(CCO)nc2c(C(F)(F)F)cccc12. The van der Waals surface area contributed by atoms with Crippen LogP contribution in [-0.4, -0.2) is 21.7 Å². The number of rotatable bonds is 2. The molecule has 0 fully saturated rings. The fourth-order valence-electron chi connectivity index (χ4n) is 1.80. The van der Waals surface area contributed by atoms with Gasteiger partial charge in [-0.2, -0.15) is 13.2 Å². The largest absolute Gasteiger partial charge is 0.418 e. The second kappa shape index (κ2) is 4.53. The highest BCUT2D eigenvalue weighted by Gasteiger charge is 2.33. The first kappa shape index (κ1) is 12.8. The van der Waals surface area contributed by atoms with Crippen LogP contribution in [0.25, 0.3) is 10.9 Å². The Bertz CT molecular complexity index is 581. The van der Waals surface area contributed by atoms with Crippen LogP contribution in [0.15, 0.2) is 18.2 Å². The van der Waals surface area contributed by atoms with Gasteiger partial charge in [-0.05, 0) is 13.0 Å². The van der Waals surface area contributed by atoms with Crippen LogP contribution < -0.4 is 0 Å². The van der Waals surface area contributed by atoms with Gasteiger partial charge in [0.15, 0.2) is 0 Å². The summed E-state index contributed by atoms with van der Waals surface area (Å²) in [5.41, 5.74) is -0.403. The monoisotopic (exact) mass is 256 g/mol. The normalized spacial score (nSPS) is 12.1. The number of para-hydroxylation sites is 1. The molecule has 0 saturated carbocycles. The summed E-state index contributed by atoms with van der Waals surface area (Å²) in [6.45, 7) is 1.43. The standard InChI is InChI=1S/C12H11F3N2O/c1-7-8-3-2-4-9(12(13,14)15)11(8)17-10(16-7)5-6-18/h2-4,18H,5-6H2,1H3. The third-order valence-corrected chi connectivity index (χ3v) is 2.60. The number of halogens is 3. The van der Waals surface area contributed by atoms with Crippen LogP contribution >= 0.6 is 0 Å². The molecule has 3 nitrogen and oxygen atoms in total. The van der Waals surface area contributed by atoms with Gasteiger partial charge in [0.25, 0.3) is 0 Å². The van der Waals surface area contributed by atoms with Crippen molar-refractivity contribution in [3.05, 3.63) is 35.3 Å². The number of aliphatic hydroxyl groups is 1. The first-order chi connectivity index (χ1) is 8.43. The Hall–Kier alpha value is -1.69. The van der Waals surface area contributed by atoms with Gasteiger partial charge in [-0.15, -0.1) is 0 Å². The van der Waals surface area contributed by atoms with E-state index < -0.39 is 11.7 Å². The minimum atomic E-state index is -4.45. The van der Waals surface area contributed by atoms with Crippen molar-refractivity contribution in [1.29, 1.82) is 0 Å². The van der Waals surface area contributed by atoms with Gasteiger partial charge in [-0.3, -0.25) is 0 Å². The average Bonchev–Trinajstić information content (AvgIpc) is 2.27. The number of aliphatic hydroxyl groups excluding tert-OH is 1. The number of benzene rings is 1. The molecule has 0 amide bonds. The summed E-state index contributed by atoms with van der Waals surface area (Å²) in [4.78, 5) is 7.98. The van der Waals surface area contributed by atoms with Gasteiger partial charge < -0.3 is 5.11 Å². The van der Waals surface area contributed by atoms with Crippen molar-refractivity contribution < 1.29 is 18.3 Å². The van der Waals surface area contributed by atoms with Gasteiger partial charge in [-0.25, -0.2) is 9.97 Å². The van der Waals surface area contributed by atoms with Crippen LogP contribution in [0, 0.1) is 6.92 Å². The molecule has 1 aromatic carbocycles. The van der Waals surface area contributed by atoms with Crippen LogP contribution in [0.2, 0.25) is 0 Å². The molecule has 0 saturated heterocycles. The van der Waals surface area contributed by atoms with E-state index >= 15 is 0 Å². The van der Waals surface area contributed by atoms with Crippen molar-refractivity contribution in [2.45, 2.75) is 19.5 Å². The van der Waals surface area contributed by atoms with Gasteiger partial charge in [0.05, 0.1) is 17.7 Å². The van der Waals surface area contributed by atoms with Gasteiger partial charge in [0, 0.05) is 17.5 Å². The van der Waals surface area contributed by atoms with E-state index in [1.165, 1.54) is 6.07 Å². The van der Waals surface area contributed by atoms with Gasteiger partial charge in [0.1, 0.15) is 5.82 Å². The molecular formula is C12H11F3N2O. The smallest absolute Gasteiger partial charge is 0.396 e. The fourth-order valence-corrected chi connectivity index (χ4v) is 1.80. The fraction of sp³-hybridized carbons (Fsp3) is 0.333. The second-order valence-corrected chi connectivity index (χ2v) is 3.90. The second-order valence-electron chi connectivity index (χ2n) is 3.90. The predicted molar refractivity (Wildman–Crippen MR) is 60.1 cm³/mol. The van der Waals surface area contributed by atoms with Crippen LogP contribution in [0.4, 0.5) is 13.2 Å². The Morgan fingerprint density at radius 1 is 1.22 bits per heavy atom. The maximum atomic E-state index is 12.9. The van der Waals surface area contributed by atoms with Crippen molar-refractivity contribution in [2.24, 2.45) is 0 Å². The highest BCUT2D eigenvalue weighted by atomic mass is 19.4. The lowest BCUT2D eigenvalue weighted by molar-refractivity contribution is -0.136. The molecule has 2 rings (SSSR count). The molecule has 0 aliphatic heterocycles. The predicted octanol–water partition coefficient (Wildman–Crippen LogP) is 2.49. The Morgan fingerprint density at radius 2 is 1.94 bits per heavy atom. The molecular weight excluding hydrogens is 245 g/mol. The Morgan fingerprint density at radius 3 is 2.56 bits per heavy atom. The molecule has 1 heterocycles. The summed E-state index contributed by atoms with van der Waals surface area (Å²) in [5.74, 6) is 0.221. The first-order valence-corrected chi connectivity index (χ1v) is 5.38. The quantitative estimate of drug-likeness (QED) is 0.897. The van der Waals surface area contributed by atoms with Gasteiger partial charge >= 0.3 is 6.18 Å². The topological polar surface area (TPSA) is 46.0 Å². The van der Waals surface area contributed by atoms with E-state index in [2.05, 4.69) is 9.97 Å². The number of aryl methyl sites for hydroxylation is 1. The number of alkyl halides is 3. The lowest BCUT2D eigenvalue weighted by Crippen LogP contribution is -2.09. The van der Waals surface area contributed by atoms with Crippen molar-refractivity contribution in [3.8, 4) is 0 Å². The van der Waals surface area contributed by atoms with Crippen molar-refractivity contribution >= 4 is 10.9 Å². The first-order valence-electron chi connectivity index (χ1n) is 5.38. The maximum Gasteiger partial charge on any atom is 0.418 e. The lowest BCUT2D eigenvalue weighted by atomic mass is 10.1. The van der Waals surface area contributed by atoms with Crippen molar-refractivity contribution in [1.82, 2.24) is 9.97 Å². The zero-order chi connectivity index (χ0) is 13.3. The van der Waals surface area contributed by atoms with Crippen LogP contribution in [0.5, 0.6) is 0 Å². The van der Waals surface area contributed by atoms with Crippen LogP contribution in [0.1, 0.15) is 17.1 Å². The lowest BCUT2D eigenvalue weighted by Gasteiger charge is -2.11. The molecule has 0 spiro atoms. The molecule has 1 N–H and O–H groups in total. The summed E-state index contributed by atoms with van der Waals surface area (Å²) in [5, 5.41) is 9.19. The Kier molecular flexibility index (Phi) is 3.21. The number of hydrogen-bond acceptors (Lipinski definition) is 3. The van der Waals surface area contributed by atoms with E-state index in [9.17, 15) is 13.2 Å². The average molecular weight is 256 g/mol. The number of nitrogens with zero attached hydrogens (tertiary/aromatic N) is 2. The summed E-state index contributed by atoms with van der Waals surface area (Å²) >= 11 is 0. The van der Waals surface area contributed by atoms with Crippen LogP contribution in [-0.2, 0) is 12.6 Å². The maximum absolute atomic E-state index is 12.9. The molecule has 6 heteroatoms. The molecule has 0 bridgehead atoms. The molecule has 0 aliphatic rings. The van der Waals surface area contributed by atoms with E-state index in [1.807, 2.05) is 0 Å². The molecule has 18 heavy (non-hydrogen) atoms. The minimum Gasteiger partial charge on any atom is -0.396 e. The molecule has 96 valence electrons. The van der Waals surface area contributed by atoms with Crippen molar-refractivity contribution in [3.63, 3.8) is 0 Å². The molecule has 0 unspecified atom stereocenters. The van der Waals surface area contributed by atoms with Crippen molar-refractivity contribution in [2.75, 3.05) is 6.61 Å². The highest BCUT2D eigenvalue weighted by molar-refractivity contribution is 5.84. The van der Waals surface area contributed by atoms with Gasteiger partial charge in [-0.1, -0.05) is 12.1 Å². The van der Waals surface area contributed by atoms with E-state index in [0.29, 0.717) is 11.1 Å². The van der Waals surface area contributed by atoms with E-state index in [1.54, 1.807) is 13.0 Å². The molecule has 0 aliphatic carbocycles. The molecule has 0 atom stereocenters. The zero-order valence-electron chi connectivity index (χ0n) is 9.62. The van der Waals surface area contributed by atoms with Gasteiger partial charge in [0.2, 0.25) is 0 Å². The van der Waals surface area contributed by atoms with E-state index in [4.69, 9.17) is 5.11 Å². The molecule has 1 aromatic heterocycles. The Labute approximate surface area is 101 Å². The van der Waals surface area contributed by atoms with Crippen LogP contribution in [0.3, 0.4) is 0 Å². The van der Waals surface area contributed by atoms with E-state index in [0.717, 1.165) is 6.07 Å².